The number of likely N-dealkylation sites (N-methyl/N-ethyl adjacent to an activating group) is 1. The van der Waals surface area contributed by atoms with Gasteiger partial charge in [-0.3, -0.25) is 4.90 Å². The van der Waals surface area contributed by atoms with Gasteiger partial charge in [0, 0.05) is 32.3 Å². The number of ether oxygens (including phenoxy) is 2. The maximum atomic E-state index is 9.37. The summed E-state index contributed by atoms with van der Waals surface area (Å²) >= 11 is 0. The van der Waals surface area contributed by atoms with Crippen LogP contribution in [0.15, 0.2) is 0 Å². The monoisotopic (exact) mass is 276 g/mol. The summed E-state index contributed by atoms with van der Waals surface area (Å²) in [7, 11) is 5.35. The first kappa shape index (κ1) is 18.8. The third kappa shape index (κ3) is 7.84. The average molecular weight is 276 g/mol. The van der Waals surface area contributed by atoms with Crippen LogP contribution in [0, 0.1) is 0 Å². The molecule has 5 heteroatoms. The number of aliphatic hydroxyl groups excluding tert-OH is 1. The van der Waals surface area contributed by atoms with Gasteiger partial charge in [-0.15, -0.1) is 0 Å². The topological polar surface area (TPSA) is 54.0 Å². The number of nitrogens with zero attached hydrogens (tertiary/aromatic N) is 1. The first-order valence-corrected chi connectivity index (χ1v) is 7.04. The van der Waals surface area contributed by atoms with Gasteiger partial charge >= 0.3 is 0 Å². The van der Waals surface area contributed by atoms with Crippen LogP contribution in [0.4, 0.5) is 0 Å². The molecule has 0 saturated heterocycles. The van der Waals surface area contributed by atoms with E-state index >= 15 is 0 Å². The summed E-state index contributed by atoms with van der Waals surface area (Å²) in [5, 5.41) is 12.6. The van der Waals surface area contributed by atoms with Crippen molar-refractivity contribution in [2.75, 3.05) is 54.2 Å². The molecule has 0 heterocycles. The molecule has 0 aromatic heterocycles. The number of aliphatic hydroxyl groups is 1. The Bertz CT molecular complexity index is 211. The minimum atomic E-state index is -0.183. The van der Waals surface area contributed by atoms with Crippen molar-refractivity contribution in [3.8, 4) is 0 Å². The van der Waals surface area contributed by atoms with E-state index < -0.39 is 0 Å². The molecule has 19 heavy (non-hydrogen) atoms. The largest absolute Gasteiger partial charge is 0.394 e. The van der Waals surface area contributed by atoms with Gasteiger partial charge in [0.2, 0.25) is 0 Å². The minimum absolute atomic E-state index is 0.162. The smallest absolute Gasteiger partial charge is 0.0615 e. The molecule has 0 rings (SSSR count). The van der Waals surface area contributed by atoms with Crippen molar-refractivity contribution >= 4 is 0 Å². The zero-order chi connectivity index (χ0) is 14.7. The molecule has 0 amide bonds. The van der Waals surface area contributed by atoms with Gasteiger partial charge in [0.1, 0.15) is 0 Å². The molecule has 0 aromatic rings. The Balaban J connectivity index is 4.17. The Morgan fingerprint density at radius 3 is 2.42 bits per heavy atom. The fourth-order valence-electron chi connectivity index (χ4n) is 2.06. The van der Waals surface area contributed by atoms with Gasteiger partial charge in [0.25, 0.3) is 0 Å². The number of rotatable bonds is 12. The lowest BCUT2D eigenvalue weighted by molar-refractivity contribution is 0.0710. The second-order valence-corrected chi connectivity index (χ2v) is 5.41. The molecule has 0 fully saturated rings. The van der Waals surface area contributed by atoms with E-state index in [9.17, 15) is 5.11 Å². The molecule has 0 aromatic carbocycles. The SMILES string of the molecule is CNC(C)(CO)CCCN(CCOC)C(C)COC. The van der Waals surface area contributed by atoms with Crippen molar-refractivity contribution in [2.45, 2.75) is 38.3 Å². The summed E-state index contributed by atoms with van der Waals surface area (Å²) in [5.74, 6) is 0. The van der Waals surface area contributed by atoms with Gasteiger partial charge in [-0.1, -0.05) is 0 Å². The van der Waals surface area contributed by atoms with Gasteiger partial charge in [0.15, 0.2) is 0 Å². The van der Waals surface area contributed by atoms with E-state index in [1.54, 1.807) is 14.2 Å². The van der Waals surface area contributed by atoms with Crippen LogP contribution in [-0.2, 0) is 9.47 Å². The lowest BCUT2D eigenvalue weighted by Gasteiger charge is -2.31. The minimum Gasteiger partial charge on any atom is -0.394 e. The highest BCUT2D eigenvalue weighted by Gasteiger charge is 2.21. The first-order chi connectivity index (χ1) is 9.02. The van der Waals surface area contributed by atoms with Crippen LogP contribution in [0.5, 0.6) is 0 Å². The van der Waals surface area contributed by atoms with Crippen LogP contribution in [0.2, 0.25) is 0 Å². The van der Waals surface area contributed by atoms with Gasteiger partial charge in [0.05, 0.1) is 19.8 Å². The standard InChI is InChI=1S/C14H32N2O3/c1-13(11-19-5)16(9-10-18-4)8-6-7-14(2,12-17)15-3/h13,15,17H,6-12H2,1-5H3. The summed E-state index contributed by atoms with van der Waals surface area (Å²) in [6, 6.07) is 0.384. The Morgan fingerprint density at radius 2 is 1.95 bits per heavy atom. The van der Waals surface area contributed by atoms with Gasteiger partial charge in [-0.2, -0.15) is 0 Å². The maximum Gasteiger partial charge on any atom is 0.0615 e. The maximum absolute atomic E-state index is 9.37. The predicted octanol–water partition coefficient (Wildman–Crippen LogP) is 0.720. The highest BCUT2D eigenvalue weighted by Crippen LogP contribution is 2.12. The number of nitrogens with one attached hydrogen (secondary N) is 1. The van der Waals surface area contributed by atoms with Crippen molar-refractivity contribution in [2.24, 2.45) is 0 Å². The van der Waals surface area contributed by atoms with Gasteiger partial charge < -0.3 is 19.9 Å². The Labute approximate surface area is 118 Å². The number of hydrogen-bond donors (Lipinski definition) is 2. The predicted molar refractivity (Wildman–Crippen MR) is 78.6 cm³/mol. The van der Waals surface area contributed by atoms with Crippen LogP contribution in [0.1, 0.15) is 26.7 Å². The van der Waals surface area contributed by atoms with Crippen molar-refractivity contribution in [1.82, 2.24) is 10.2 Å². The van der Waals surface area contributed by atoms with E-state index in [1.165, 1.54) is 0 Å². The Hall–Kier alpha value is -0.200. The van der Waals surface area contributed by atoms with Crippen LogP contribution in [0.25, 0.3) is 0 Å². The lowest BCUT2D eigenvalue weighted by atomic mass is 9.97. The van der Waals surface area contributed by atoms with E-state index in [1.807, 2.05) is 14.0 Å². The second-order valence-electron chi connectivity index (χ2n) is 5.41. The second kappa shape index (κ2) is 10.6. The molecule has 0 aliphatic carbocycles. The zero-order valence-corrected chi connectivity index (χ0v) is 13.2. The van der Waals surface area contributed by atoms with Gasteiger partial charge in [-0.05, 0) is 40.3 Å². The molecule has 116 valence electrons. The van der Waals surface area contributed by atoms with E-state index in [0.717, 1.165) is 39.1 Å². The van der Waals surface area contributed by atoms with Crippen LogP contribution in [0.3, 0.4) is 0 Å². The molecule has 0 radical (unpaired) electrons. The highest BCUT2D eigenvalue weighted by atomic mass is 16.5. The molecular formula is C14H32N2O3. The highest BCUT2D eigenvalue weighted by molar-refractivity contribution is 4.81. The average Bonchev–Trinajstić information content (AvgIpc) is 2.42. The first-order valence-electron chi connectivity index (χ1n) is 7.04. The Kier molecular flexibility index (Phi) is 10.5. The summed E-state index contributed by atoms with van der Waals surface area (Å²) in [4.78, 5) is 2.38. The van der Waals surface area contributed by atoms with Crippen molar-refractivity contribution in [1.29, 1.82) is 0 Å². The molecule has 2 unspecified atom stereocenters. The molecule has 0 saturated carbocycles. The van der Waals surface area contributed by atoms with Crippen molar-refractivity contribution in [3.05, 3.63) is 0 Å². The summed E-state index contributed by atoms with van der Waals surface area (Å²) in [5.41, 5.74) is -0.183. The lowest BCUT2D eigenvalue weighted by Crippen LogP contribution is -2.45. The quantitative estimate of drug-likeness (QED) is 0.550. The van der Waals surface area contributed by atoms with Crippen molar-refractivity contribution in [3.63, 3.8) is 0 Å². The molecule has 0 bridgehead atoms. The van der Waals surface area contributed by atoms with Crippen molar-refractivity contribution < 1.29 is 14.6 Å². The normalized spacial score (nSPS) is 16.6. The summed E-state index contributed by atoms with van der Waals surface area (Å²) < 4.78 is 10.4. The third-order valence-electron chi connectivity index (χ3n) is 3.74. The fraction of sp³-hybridized carbons (Fsp3) is 1.00. The van der Waals surface area contributed by atoms with E-state index in [4.69, 9.17) is 9.47 Å². The molecule has 2 atom stereocenters. The summed E-state index contributed by atoms with van der Waals surface area (Å²) in [6.07, 6.45) is 1.98. The zero-order valence-electron chi connectivity index (χ0n) is 13.2. The number of methoxy groups -OCH3 is 2. The summed E-state index contributed by atoms with van der Waals surface area (Å²) in [6.45, 7) is 7.74. The molecule has 0 spiro atoms. The molecule has 5 nitrogen and oxygen atoms in total. The van der Waals surface area contributed by atoms with Gasteiger partial charge in [-0.25, -0.2) is 0 Å². The third-order valence-corrected chi connectivity index (χ3v) is 3.74. The van der Waals surface area contributed by atoms with Crippen LogP contribution in [-0.4, -0.2) is 75.8 Å². The van der Waals surface area contributed by atoms with Crippen LogP contribution >= 0.6 is 0 Å². The van der Waals surface area contributed by atoms with Crippen LogP contribution < -0.4 is 5.32 Å². The molecular weight excluding hydrogens is 244 g/mol. The Morgan fingerprint density at radius 1 is 1.26 bits per heavy atom. The van der Waals surface area contributed by atoms with E-state index in [0.29, 0.717) is 6.04 Å². The number of hydrogen-bond acceptors (Lipinski definition) is 5. The fourth-order valence-corrected chi connectivity index (χ4v) is 2.06. The van der Waals surface area contributed by atoms with E-state index in [2.05, 4.69) is 17.1 Å². The molecule has 0 aliphatic rings. The van der Waals surface area contributed by atoms with E-state index in [-0.39, 0.29) is 12.1 Å². The molecule has 0 aliphatic heterocycles. The molecule has 2 N–H and O–H groups in total.